The molecule has 1 atom stereocenters. The van der Waals surface area contributed by atoms with Gasteiger partial charge in [0.25, 0.3) is 0 Å². The van der Waals surface area contributed by atoms with Crippen LogP contribution in [0.4, 0.5) is 5.69 Å². The lowest BCUT2D eigenvalue weighted by Crippen LogP contribution is -2.12. The van der Waals surface area contributed by atoms with Crippen molar-refractivity contribution in [2.45, 2.75) is 19.4 Å². The van der Waals surface area contributed by atoms with Gasteiger partial charge in [-0.15, -0.1) is 11.3 Å². The summed E-state index contributed by atoms with van der Waals surface area (Å²) in [4.78, 5) is 12.3. The van der Waals surface area contributed by atoms with E-state index in [1.807, 2.05) is 24.3 Å². The van der Waals surface area contributed by atoms with Gasteiger partial charge in [0.1, 0.15) is 5.75 Å². The quantitative estimate of drug-likeness (QED) is 0.789. The maximum Gasteiger partial charge on any atom is 0.343 e. The molecule has 0 saturated carbocycles. The molecular formula is C16H19NO3S. The van der Waals surface area contributed by atoms with Crippen LogP contribution in [-0.4, -0.2) is 19.7 Å². The fourth-order valence-corrected chi connectivity index (χ4v) is 2.77. The smallest absolute Gasteiger partial charge is 0.343 e. The number of nitrogens with one attached hydrogen (secondary N) is 1. The van der Waals surface area contributed by atoms with Crippen LogP contribution in [0.5, 0.6) is 5.75 Å². The van der Waals surface area contributed by atoms with Crippen LogP contribution in [0, 0.1) is 0 Å². The molecule has 4 nitrogen and oxygen atoms in total. The Balaban J connectivity index is 1.94. The van der Waals surface area contributed by atoms with Crippen molar-refractivity contribution in [2.24, 2.45) is 0 Å². The minimum absolute atomic E-state index is 0.0734. The molecule has 0 aliphatic rings. The third-order valence-corrected chi connectivity index (χ3v) is 4.06. The second kappa shape index (κ2) is 7.69. The molecule has 0 fully saturated rings. The van der Waals surface area contributed by atoms with Crippen LogP contribution in [0.15, 0.2) is 41.8 Å². The summed E-state index contributed by atoms with van der Waals surface area (Å²) in [6.07, 6.45) is 1.01. The molecule has 0 radical (unpaired) electrons. The molecule has 0 saturated heterocycles. The molecule has 0 spiro atoms. The zero-order valence-corrected chi connectivity index (χ0v) is 13.0. The minimum Gasteiger partial charge on any atom is -0.482 e. The molecule has 0 bridgehead atoms. The molecule has 2 rings (SSSR count). The summed E-state index contributed by atoms with van der Waals surface area (Å²) in [5, 5.41) is 5.58. The normalized spacial score (nSPS) is 11.7. The van der Waals surface area contributed by atoms with E-state index >= 15 is 0 Å². The van der Waals surface area contributed by atoms with E-state index in [9.17, 15) is 4.79 Å². The number of methoxy groups -OCH3 is 1. The summed E-state index contributed by atoms with van der Waals surface area (Å²) in [6.45, 7) is 2.08. The third kappa shape index (κ3) is 4.49. The summed E-state index contributed by atoms with van der Waals surface area (Å²) in [5.41, 5.74) is 1.03. The molecule has 2 aromatic rings. The van der Waals surface area contributed by atoms with Gasteiger partial charge in [0, 0.05) is 10.6 Å². The number of hydrogen-bond donors (Lipinski definition) is 1. The van der Waals surface area contributed by atoms with Gasteiger partial charge in [-0.3, -0.25) is 0 Å². The molecule has 1 unspecified atom stereocenters. The molecule has 1 aromatic carbocycles. The van der Waals surface area contributed by atoms with E-state index < -0.39 is 0 Å². The molecule has 0 aliphatic carbocycles. The molecule has 1 N–H and O–H groups in total. The Hall–Kier alpha value is -2.01. The van der Waals surface area contributed by atoms with E-state index in [-0.39, 0.29) is 12.6 Å². The second-order valence-corrected chi connectivity index (χ2v) is 5.49. The number of rotatable bonds is 7. The molecule has 0 aliphatic heterocycles. The lowest BCUT2D eigenvalue weighted by atomic mass is 10.1. The number of hydrogen-bond acceptors (Lipinski definition) is 5. The van der Waals surface area contributed by atoms with Crippen molar-refractivity contribution < 1.29 is 14.3 Å². The van der Waals surface area contributed by atoms with Gasteiger partial charge in [-0.1, -0.05) is 13.0 Å². The average Bonchev–Trinajstić information content (AvgIpc) is 3.05. The number of carbonyl (C=O) groups excluding carboxylic acids is 1. The standard InChI is InChI=1S/C16H19NO3S/c1-3-14(15-5-4-10-21-15)17-12-6-8-13(9-7-12)20-11-16(18)19-2/h4-10,14,17H,3,11H2,1-2H3. The van der Waals surface area contributed by atoms with Crippen LogP contribution in [0.1, 0.15) is 24.3 Å². The molecule has 21 heavy (non-hydrogen) atoms. The topological polar surface area (TPSA) is 47.6 Å². The molecule has 1 heterocycles. The number of carbonyl (C=O) groups is 1. The highest BCUT2D eigenvalue weighted by atomic mass is 32.1. The van der Waals surface area contributed by atoms with Gasteiger partial charge in [-0.25, -0.2) is 4.79 Å². The van der Waals surface area contributed by atoms with Crippen molar-refractivity contribution in [3.05, 3.63) is 46.7 Å². The first-order valence-electron chi connectivity index (χ1n) is 6.82. The largest absolute Gasteiger partial charge is 0.482 e. The maximum atomic E-state index is 11.0. The Kier molecular flexibility index (Phi) is 5.63. The summed E-state index contributed by atoms with van der Waals surface area (Å²) in [7, 11) is 1.34. The van der Waals surface area contributed by atoms with Gasteiger partial charge in [0.05, 0.1) is 13.2 Å². The minimum atomic E-state index is -0.388. The van der Waals surface area contributed by atoms with E-state index in [4.69, 9.17) is 4.74 Å². The van der Waals surface area contributed by atoms with Gasteiger partial charge in [-0.2, -0.15) is 0 Å². The van der Waals surface area contributed by atoms with E-state index in [1.165, 1.54) is 12.0 Å². The van der Waals surface area contributed by atoms with Crippen molar-refractivity contribution in [2.75, 3.05) is 19.0 Å². The predicted molar refractivity (Wildman–Crippen MR) is 84.9 cm³/mol. The summed E-state index contributed by atoms with van der Waals surface area (Å²) in [6, 6.07) is 12.1. The van der Waals surface area contributed by atoms with E-state index in [2.05, 4.69) is 34.5 Å². The third-order valence-electron chi connectivity index (χ3n) is 3.07. The van der Waals surface area contributed by atoms with Crippen molar-refractivity contribution in [1.29, 1.82) is 0 Å². The van der Waals surface area contributed by atoms with Crippen molar-refractivity contribution in [3.63, 3.8) is 0 Å². The van der Waals surface area contributed by atoms with Crippen LogP contribution >= 0.6 is 11.3 Å². The number of anilines is 1. The van der Waals surface area contributed by atoms with Crippen molar-refractivity contribution in [3.8, 4) is 5.75 Å². The van der Waals surface area contributed by atoms with Gasteiger partial charge in [-0.05, 0) is 42.1 Å². The number of ether oxygens (including phenoxy) is 2. The number of esters is 1. The Labute approximate surface area is 128 Å². The SMILES string of the molecule is CCC(Nc1ccc(OCC(=O)OC)cc1)c1cccs1. The zero-order chi connectivity index (χ0) is 15.1. The highest BCUT2D eigenvalue weighted by molar-refractivity contribution is 7.10. The van der Waals surface area contributed by atoms with Crippen LogP contribution in [0.2, 0.25) is 0 Å². The second-order valence-electron chi connectivity index (χ2n) is 4.51. The molecule has 5 heteroatoms. The average molecular weight is 305 g/mol. The fraction of sp³-hybridized carbons (Fsp3) is 0.312. The van der Waals surface area contributed by atoms with E-state index in [1.54, 1.807) is 11.3 Å². The van der Waals surface area contributed by atoms with Gasteiger partial charge >= 0.3 is 5.97 Å². The van der Waals surface area contributed by atoms with Crippen molar-refractivity contribution >= 4 is 23.0 Å². The highest BCUT2D eigenvalue weighted by Crippen LogP contribution is 2.27. The summed E-state index contributed by atoms with van der Waals surface area (Å²) < 4.78 is 9.85. The number of thiophene rings is 1. The van der Waals surface area contributed by atoms with E-state index in [0.29, 0.717) is 11.8 Å². The Morgan fingerprint density at radius 3 is 2.62 bits per heavy atom. The molecular weight excluding hydrogens is 286 g/mol. The van der Waals surface area contributed by atoms with Gasteiger partial charge in [0.2, 0.25) is 0 Å². The molecule has 112 valence electrons. The zero-order valence-electron chi connectivity index (χ0n) is 12.2. The molecule has 1 aromatic heterocycles. The first kappa shape index (κ1) is 15.4. The predicted octanol–water partition coefficient (Wildman–Crippen LogP) is 3.86. The highest BCUT2D eigenvalue weighted by Gasteiger charge is 2.10. The Morgan fingerprint density at radius 2 is 2.05 bits per heavy atom. The van der Waals surface area contributed by atoms with Gasteiger partial charge in [0.15, 0.2) is 6.61 Å². The lowest BCUT2D eigenvalue weighted by Gasteiger charge is -2.17. The van der Waals surface area contributed by atoms with Crippen LogP contribution in [-0.2, 0) is 9.53 Å². The van der Waals surface area contributed by atoms with Crippen molar-refractivity contribution in [1.82, 2.24) is 0 Å². The summed E-state index contributed by atoms with van der Waals surface area (Å²) >= 11 is 1.75. The van der Waals surface area contributed by atoms with Crippen LogP contribution in [0.25, 0.3) is 0 Å². The van der Waals surface area contributed by atoms with Crippen LogP contribution in [0.3, 0.4) is 0 Å². The van der Waals surface area contributed by atoms with Gasteiger partial charge < -0.3 is 14.8 Å². The van der Waals surface area contributed by atoms with E-state index in [0.717, 1.165) is 12.1 Å². The maximum absolute atomic E-state index is 11.0. The summed E-state index contributed by atoms with van der Waals surface area (Å²) in [5.74, 6) is 0.260. The lowest BCUT2D eigenvalue weighted by molar-refractivity contribution is -0.142. The number of benzene rings is 1. The Bertz CT molecular complexity index is 551. The fourth-order valence-electron chi connectivity index (χ4n) is 1.91. The first-order valence-corrected chi connectivity index (χ1v) is 7.70. The first-order chi connectivity index (χ1) is 10.2. The monoisotopic (exact) mass is 305 g/mol. The molecule has 0 amide bonds. The van der Waals surface area contributed by atoms with Crippen LogP contribution < -0.4 is 10.1 Å². The Morgan fingerprint density at radius 1 is 1.29 bits per heavy atom.